The molecule has 1 aromatic rings. The fourth-order valence-electron chi connectivity index (χ4n) is 2.07. The molecule has 0 saturated carbocycles. The number of piperidine rings is 1. The summed E-state index contributed by atoms with van der Waals surface area (Å²) >= 11 is 5.80. The van der Waals surface area contributed by atoms with E-state index < -0.39 is 0 Å². The van der Waals surface area contributed by atoms with Gasteiger partial charge in [0.05, 0.1) is 13.2 Å². The monoisotopic (exact) mass is 269 g/mol. The molecule has 4 heteroatoms. The van der Waals surface area contributed by atoms with Crippen LogP contribution in [0.5, 0.6) is 5.75 Å². The van der Waals surface area contributed by atoms with Gasteiger partial charge in [0.2, 0.25) is 0 Å². The molecule has 1 atom stereocenters. The Bertz CT molecular complexity index is 336. The zero-order chi connectivity index (χ0) is 12.6. The topological polar surface area (TPSA) is 30.5 Å². The van der Waals surface area contributed by atoms with Crippen LogP contribution in [0.3, 0.4) is 0 Å². The van der Waals surface area contributed by atoms with Gasteiger partial charge in [-0.05, 0) is 49.6 Å². The van der Waals surface area contributed by atoms with Crippen LogP contribution in [0.25, 0.3) is 0 Å². The number of hydrogen-bond donors (Lipinski definition) is 1. The second-order valence-corrected chi connectivity index (χ2v) is 5.03. The number of nitrogens with one attached hydrogen (secondary N) is 1. The van der Waals surface area contributed by atoms with Gasteiger partial charge in [-0.25, -0.2) is 0 Å². The third kappa shape index (κ3) is 4.84. The summed E-state index contributed by atoms with van der Waals surface area (Å²) < 4.78 is 11.2. The Kier molecular flexibility index (Phi) is 5.78. The Balaban J connectivity index is 1.54. The maximum atomic E-state index is 5.80. The minimum Gasteiger partial charge on any atom is -0.491 e. The molecule has 0 spiro atoms. The van der Waals surface area contributed by atoms with E-state index in [4.69, 9.17) is 21.1 Å². The summed E-state index contributed by atoms with van der Waals surface area (Å²) in [6.45, 7) is 4.28. The molecule has 0 bridgehead atoms. The van der Waals surface area contributed by atoms with Crippen LogP contribution in [0.4, 0.5) is 0 Å². The molecular formula is C14H20ClNO2. The van der Waals surface area contributed by atoms with Crippen molar-refractivity contribution in [2.45, 2.75) is 12.8 Å². The van der Waals surface area contributed by atoms with Crippen LogP contribution in [0, 0.1) is 5.92 Å². The zero-order valence-corrected chi connectivity index (χ0v) is 11.3. The largest absolute Gasteiger partial charge is 0.491 e. The van der Waals surface area contributed by atoms with Gasteiger partial charge in [-0.15, -0.1) is 0 Å². The lowest BCUT2D eigenvalue weighted by molar-refractivity contribution is 0.0671. The minimum atomic E-state index is 0.585. The molecule has 1 unspecified atom stereocenters. The Labute approximate surface area is 113 Å². The molecule has 3 nitrogen and oxygen atoms in total. The quantitative estimate of drug-likeness (QED) is 0.806. The molecule has 0 radical (unpaired) electrons. The van der Waals surface area contributed by atoms with Crippen molar-refractivity contribution in [2.24, 2.45) is 5.92 Å². The van der Waals surface area contributed by atoms with Crippen LogP contribution >= 0.6 is 11.6 Å². The first-order valence-electron chi connectivity index (χ1n) is 6.51. The van der Waals surface area contributed by atoms with Crippen molar-refractivity contribution in [3.63, 3.8) is 0 Å². The Morgan fingerprint density at radius 2 is 2.06 bits per heavy atom. The van der Waals surface area contributed by atoms with Gasteiger partial charge in [0, 0.05) is 11.6 Å². The fourth-order valence-corrected chi connectivity index (χ4v) is 2.19. The van der Waals surface area contributed by atoms with Gasteiger partial charge in [-0.2, -0.15) is 0 Å². The van der Waals surface area contributed by atoms with Crippen molar-refractivity contribution in [2.75, 3.05) is 32.9 Å². The predicted octanol–water partition coefficient (Wildman–Crippen LogP) is 2.74. The highest BCUT2D eigenvalue weighted by Gasteiger charge is 2.12. The van der Waals surface area contributed by atoms with Gasteiger partial charge in [-0.3, -0.25) is 0 Å². The summed E-state index contributed by atoms with van der Waals surface area (Å²) in [4.78, 5) is 0. The van der Waals surface area contributed by atoms with E-state index in [1.807, 2.05) is 24.3 Å². The lowest BCUT2D eigenvalue weighted by Crippen LogP contribution is -2.32. The molecule has 1 aromatic carbocycles. The van der Waals surface area contributed by atoms with Crippen LogP contribution in [0.2, 0.25) is 5.02 Å². The molecule has 0 aromatic heterocycles. The number of benzene rings is 1. The second-order valence-electron chi connectivity index (χ2n) is 4.59. The Morgan fingerprint density at radius 1 is 1.22 bits per heavy atom. The van der Waals surface area contributed by atoms with Crippen molar-refractivity contribution in [3.8, 4) is 5.75 Å². The predicted molar refractivity (Wildman–Crippen MR) is 73.4 cm³/mol. The van der Waals surface area contributed by atoms with E-state index in [1.54, 1.807) is 0 Å². The molecule has 0 amide bonds. The molecular weight excluding hydrogens is 250 g/mol. The van der Waals surface area contributed by atoms with Crippen molar-refractivity contribution >= 4 is 11.6 Å². The van der Waals surface area contributed by atoms with Gasteiger partial charge < -0.3 is 14.8 Å². The summed E-state index contributed by atoms with van der Waals surface area (Å²) in [6.07, 6.45) is 2.53. The molecule has 0 aliphatic carbocycles. The van der Waals surface area contributed by atoms with Gasteiger partial charge in [0.25, 0.3) is 0 Å². The summed E-state index contributed by atoms with van der Waals surface area (Å²) in [5, 5.41) is 4.11. The molecule has 100 valence electrons. The highest BCUT2D eigenvalue weighted by molar-refractivity contribution is 6.30. The summed E-state index contributed by atoms with van der Waals surface area (Å²) in [5.41, 5.74) is 0. The molecule has 1 N–H and O–H groups in total. The van der Waals surface area contributed by atoms with Crippen LogP contribution in [-0.2, 0) is 4.74 Å². The molecule has 1 fully saturated rings. The van der Waals surface area contributed by atoms with Crippen molar-refractivity contribution in [1.29, 1.82) is 0 Å². The first-order chi connectivity index (χ1) is 8.84. The number of rotatable bonds is 6. The molecule has 1 aliphatic heterocycles. The average molecular weight is 270 g/mol. The summed E-state index contributed by atoms with van der Waals surface area (Å²) in [5.74, 6) is 1.50. The normalized spacial score (nSPS) is 19.7. The van der Waals surface area contributed by atoms with E-state index in [2.05, 4.69) is 5.32 Å². The molecule has 1 heterocycles. The van der Waals surface area contributed by atoms with Crippen LogP contribution in [-0.4, -0.2) is 32.9 Å². The van der Waals surface area contributed by atoms with Gasteiger partial charge >= 0.3 is 0 Å². The SMILES string of the molecule is Clc1ccc(OCCOCC2CCCNC2)cc1. The van der Waals surface area contributed by atoms with Gasteiger partial charge in [0.15, 0.2) is 0 Å². The first kappa shape index (κ1) is 13.7. The standard InChI is InChI=1S/C14H20ClNO2/c15-13-3-5-14(6-4-13)18-9-8-17-11-12-2-1-7-16-10-12/h3-6,12,16H,1-2,7-11H2. The highest BCUT2D eigenvalue weighted by Crippen LogP contribution is 2.15. The maximum Gasteiger partial charge on any atom is 0.119 e. The van der Waals surface area contributed by atoms with Gasteiger partial charge in [0.1, 0.15) is 12.4 Å². The van der Waals surface area contributed by atoms with Gasteiger partial charge in [-0.1, -0.05) is 11.6 Å². The minimum absolute atomic E-state index is 0.585. The lowest BCUT2D eigenvalue weighted by Gasteiger charge is -2.22. The van der Waals surface area contributed by atoms with Crippen molar-refractivity contribution in [3.05, 3.63) is 29.3 Å². The average Bonchev–Trinajstić information content (AvgIpc) is 2.42. The third-order valence-corrected chi connectivity index (χ3v) is 3.31. The third-order valence-electron chi connectivity index (χ3n) is 3.06. The number of ether oxygens (including phenoxy) is 2. The molecule has 2 rings (SSSR count). The highest BCUT2D eigenvalue weighted by atomic mass is 35.5. The second kappa shape index (κ2) is 7.62. The van der Waals surface area contributed by atoms with E-state index in [9.17, 15) is 0 Å². The van der Waals surface area contributed by atoms with E-state index >= 15 is 0 Å². The fraction of sp³-hybridized carbons (Fsp3) is 0.571. The van der Waals surface area contributed by atoms with E-state index in [0.29, 0.717) is 19.1 Å². The van der Waals surface area contributed by atoms with Crippen LogP contribution in [0.15, 0.2) is 24.3 Å². The van der Waals surface area contributed by atoms with Crippen molar-refractivity contribution in [1.82, 2.24) is 5.32 Å². The number of hydrogen-bond acceptors (Lipinski definition) is 3. The Hall–Kier alpha value is -0.770. The first-order valence-corrected chi connectivity index (χ1v) is 6.89. The van der Waals surface area contributed by atoms with Crippen LogP contribution in [0.1, 0.15) is 12.8 Å². The summed E-state index contributed by atoms with van der Waals surface area (Å²) in [6, 6.07) is 7.39. The van der Waals surface area contributed by atoms with Crippen LogP contribution < -0.4 is 10.1 Å². The zero-order valence-electron chi connectivity index (χ0n) is 10.5. The molecule has 18 heavy (non-hydrogen) atoms. The number of halogens is 1. The van der Waals surface area contributed by atoms with E-state index in [0.717, 1.165) is 30.5 Å². The Morgan fingerprint density at radius 3 is 2.78 bits per heavy atom. The van der Waals surface area contributed by atoms with E-state index in [1.165, 1.54) is 12.8 Å². The summed E-state index contributed by atoms with van der Waals surface area (Å²) in [7, 11) is 0. The smallest absolute Gasteiger partial charge is 0.119 e. The lowest BCUT2D eigenvalue weighted by atomic mass is 10.0. The van der Waals surface area contributed by atoms with E-state index in [-0.39, 0.29) is 0 Å². The molecule has 1 saturated heterocycles. The molecule has 1 aliphatic rings. The van der Waals surface area contributed by atoms with Crippen molar-refractivity contribution < 1.29 is 9.47 Å². The maximum absolute atomic E-state index is 5.80.